The fraction of sp³-hybridized carbons (Fsp3) is 0.800. The number of carboxylic acids is 1. The second-order valence-corrected chi connectivity index (χ2v) is 13.5. The zero-order chi connectivity index (χ0) is 27.0. The molecule has 3 heteroatoms. The predicted molar refractivity (Wildman–Crippen MR) is 156 cm³/mol. The van der Waals surface area contributed by atoms with Crippen LogP contribution in [0, 0.1) is 35.4 Å². The third-order valence-corrected chi connectivity index (χ3v) is 11.2. The molecule has 0 aromatic heterocycles. The van der Waals surface area contributed by atoms with Crippen molar-refractivity contribution in [2.45, 2.75) is 148 Å². The van der Waals surface area contributed by atoms with Crippen molar-refractivity contribution in [3.05, 3.63) is 35.1 Å². The number of aryl methyl sites for hydroxylation is 1. The number of hydrogen-bond acceptors (Lipinski definition) is 1. The van der Waals surface area contributed by atoms with Gasteiger partial charge in [0.1, 0.15) is 5.82 Å². The molecule has 38 heavy (non-hydrogen) atoms. The highest BCUT2D eigenvalue weighted by atomic mass is 19.1. The molecule has 3 aliphatic carbocycles. The molecule has 0 atom stereocenters. The van der Waals surface area contributed by atoms with Gasteiger partial charge in [0.2, 0.25) is 0 Å². The normalized spacial score (nSPS) is 32.2. The van der Waals surface area contributed by atoms with E-state index in [0.29, 0.717) is 30.2 Å². The van der Waals surface area contributed by atoms with E-state index in [1.807, 2.05) is 12.1 Å². The molecule has 0 amide bonds. The van der Waals surface area contributed by atoms with E-state index in [0.717, 1.165) is 49.0 Å². The zero-order valence-electron chi connectivity index (χ0n) is 24.5. The van der Waals surface area contributed by atoms with Gasteiger partial charge in [0.15, 0.2) is 0 Å². The van der Waals surface area contributed by atoms with E-state index in [1.54, 1.807) is 6.07 Å². The lowest BCUT2D eigenvalue weighted by Crippen LogP contribution is -2.41. The Morgan fingerprint density at radius 3 is 1.95 bits per heavy atom. The van der Waals surface area contributed by atoms with E-state index in [-0.39, 0.29) is 5.82 Å². The molecule has 4 rings (SSSR count). The smallest absolute Gasteiger partial charge is 0.314 e. The minimum atomic E-state index is -0.912. The lowest BCUT2D eigenvalue weighted by Gasteiger charge is -2.42. The third-order valence-electron chi connectivity index (χ3n) is 11.2. The van der Waals surface area contributed by atoms with E-state index < -0.39 is 11.4 Å². The maximum absolute atomic E-state index is 15.3. The lowest BCUT2D eigenvalue weighted by molar-refractivity contribution is -0.146. The van der Waals surface area contributed by atoms with Crippen molar-refractivity contribution in [3.63, 3.8) is 0 Å². The molecular formula is C35H55FO2. The van der Waals surface area contributed by atoms with Gasteiger partial charge in [0.25, 0.3) is 0 Å². The molecule has 0 bridgehead atoms. The van der Waals surface area contributed by atoms with Crippen LogP contribution >= 0.6 is 0 Å². The summed E-state index contributed by atoms with van der Waals surface area (Å²) in [5.74, 6) is 3.00. The van der Waals surface area contributed by atoms with Crippen LogP contribution in [-0.4, -0.2) is 11.1 Å². The van der Waals surface area contributed by atoms with Crippen molar-refractivity contribution in [3.8, 4) is 0 Å². The monoisotopic (exact) mass is 526 g/mol. The standard InChI is InChI=1S/C35H55FO2/c1-3-5-6-8-27-13-16-29(17-14-27)30-21-23-35(24-22-30,34(37)38)32-20-19-31(33(36)25-32)18-15-28-11-9-26(7-4-2)10-12-28/h19-20,25-30H,3-18,21-24H2,1-2H3,(H,37,38). The maximum atomic E-state index is 15.3. The number of carboxylic acid groups (broad SMARTS) is 1. The molecule has 0 radical (unpaired) electrons. The summed E-state index contributed by atoms with van der Waals surface area (Å²) < 4.78 is 15.3. The van der Waals surface area contributed by atoms with E-state index in [4.69, 9.17) is 0 Å². The van der Waals surface area contributed by atoms with Gasteiger partial charge in [-0.05, 0) is 98.1 Å². The summed E-state index contributed by atoms with van der Waals surface area (Å²) in [5, 5.41) is 10.3. The minimum absolute atomic E-state index is 0.189. The van der Waals surface area contributed by atoms with Crippen LogP contribution in [0.5, 0.6) is 0 Å². The number of halogens is 1. The van der Waals surface area contributed by atoms with Crippen molar-refractivity contribution in [2.24, 2.45) is 29.6 Å². The zero-order valence-corrected chi connectivity index (χ0v) is 24.5. The first kappa shape index (κ1) is 29.6. The molecule has 0 unspecified atom stereocenters. The van der Waals surface area contributed by atoms with E-state index in [2.05, 4.69) is 13.8 Å². The van der Waals surface area contributed by atoms with E-state index in [1.165, 1.54) is 89.9 Å². The average molecular weight is 527 g/mol. The van der Waals surface area contributed by atoms with E-state index >= 15 is 4.39 Å². The fourth-order valence-electron chi connectivity index (χ4n) is 8.49. The highest BCUT2D eigenvalue weighted by molar-refractivity contribution is 5.81. The van der Waals surface area contributed by atoms with E-state index in [9.17, 15) is 9.90 Å². The predicted octanol–water partition coefficient (Wildman–Crippen LogP) is 10.3. The summed E-state index contributed by atoms with van der Waals surface area (Å²) in [6.45, 7) is 4.56. The maximum Gasteiger partial charge on any atom is 0.314 e. The van der Waals surface area contributed by atoms with Gasteiger partial charge < -0.3 is 5.11 Å². The summed E-state index contributed by atoms with van der Waals surface area (Å²) >= 11 is 0. The summed E-state index contributed by atoms with van der Waals surface area (Å²) in [5.41, 5.74) is 0.559. The molecule has 214 valence electrons. The molecule has 1 aromatic carbocycles. The molecule has 3 aliphatic rings. The van der Waals surface area contributed by atoms with Crippen molar-refractivity contribution >= 4 is 5.97 Å². The quantitative estimate of drug-likeness (QED) is 0.275. The number of carbonyl (C=O) groups is 1. The summed E-state index contributed by atoms with van der Waals surface area (Å²) in [7, 11) is 0. The van der Waals surface area contributed by atoms with Gasteiger partial charge in [-0.15, -0.1) is 0 Å². The molecule has 1 N–H and O–H groups in total. The average Bonchev–Trinajstić information content (AvgIpc) is 2.94. The first-order chi connectivity index (χ1) is 18.4. The van der Waals surface area contributed by atoms with Gasteiger partial charge in [0.05, 0.1) is 5.41 Å². The van der Waals surface area contributed by atoms with Crippen molar-refractivity contribution in [2.75, 3.05) is 0 Å². The van der Waals surface area contributed by atoms with Crippen LogP contribution in [0.3, 0.4) is 0 Å². The van der Waals surface area contributed by atoms with Crippen molar-refractivity contribution < 1.29 is 14.3 Å². The van der Waals surface area contributed by atoms with Crippen LogP contribution in [0.1, 0.15) is 147 Å². The number of unbranched alkanes of at least 4 members (excludes halogenated alkanes) is 2. The van der Waals surface area contributed by atoms with Crippen molar-refractivity contribution in [1.29, 1.82) is 0 Å². The molecule has 3 saturated carbocycles. The highest BCUT2D eigenvalue weighted by Crippen LogP contribution is 2.48. The molecule has 0 saturated heterocycles. The van der Waals surface area contributed by atoms with Crippen LogP contribution < -0.4 is 0 Å². The number of rotatable bonds is 12. The Bertz CT molecular complexity index is 855. The van der Waals surface area contributed by atoms with Crippen LogP contribution in [0.15, 0.2) is 18.2 Å². The third kappa shape index (κ3) is 7.42. The van der Waals surface area contributed by atoms with Gasteiger partial charge in [-0.25, -0.2) is 4.39 Å². The topological polar surface area (TPSA) is 37.3 Å². The molecule has 0 heterocycles. The summed E-state index contributed by atoms with van der Waals surface area (Å²) in [6.07, 6.45) is 23.8. The SMILES string of the molecule is CCCCCC1CCC(C2CCC(C(=O)O)(c3ccc(CCC4CCC(CCC)CC4)c(F)c3)CC2)CC1. The number of hydrogen-bond donors (Lipinski definition) is 1. The Labute approximate surface area is 232 Å². The molecule has 1 aromatic rings. The molecule has 0 spiro atoms. The van der Waals surface area contributed by atoms with Gasteiger partial charge in [0, 0.05) is 0 Å². The number of benzene rings is 1. The molecule has 2 nitrogen and oxygen atoms in total. The van der Waals surface area contributed by atoms with Crippen LogP contribution in [-0.2, 0) is 16.6 Å². The second-order valence-electron chi connectivity index (χ2n) is 13.5. The molecule has 3 fully saturated rings. The Balaban J connectivity index is 1.29. The Morgan fingerprint density at radius 1 is 0.789 bits per heavy atom. The first-order valence-electron chi connectivity index (χ1n) is 16.5. The van der Waals surface area contributed by atoms with Gasteiger partial charge in [-0.2, -0.15) is 0 Å². The Kier molecular flexibility index (Phi) is 11.1. The van der Waals surface area contributed by atoms with Gasteiger partial charge in [-0.1, -0.05) is 103 Å². The largest absolute Gasteiger partial charge is 0.481 e. The summed E-state index contributed by atoms with van der Waals surface area (Å²) in [4.78, 5) is 12.6. The van der Waals surface area contributed by atoms with Crippen LogP contribution in [0.25, 0.3) is 0 Å². The van der Waals surface area contributed by atoms with Crippen LogP contribution in [0.4, 0.5) is 4.39 Å². The Hall–Kier alpha value is -1.38. The summed E-state index contributed by atoms with van der Waals surface area (Å²) in [6, 6.07) is 5.44. The van der Waals surface area contributed by atoms with Crippen molar-refractivity contribution in [1.82, 2.24) is 0 Å². The highest BCUT2D eigenvalue weighted by Gasteiger charge is 2.45. The lowest BCUT2D eigenvalue weighted by atomic mass is 9.62. The van der Waals surface area contributed by atoms with Crippen LogP contribution in [0.2, 0.25) is 0 Å². The minimum Gasteiger partial charge on any atom is -0.481 e. The number of aliphatic carboxylic acids is 1. The fourth-order valence-corrected chi connectivity index (χ4v) is 8.49. The first-order valence-corrected chi connectivity index (χ1v) is 16.5. The molecular weight excluding hydrogens is 471 g/mol. The van der Waals surface area contributed by atoms with Gasteiger partial charge >= 0.3 is 5.97 Å². The molecule has 0 aliphatic heterocycles. The second kappa shape index (κ2) is 14.3. The Morgan fingerprint density at radius 2 is 1.37 bits per heavy atom. The van der Waals surface area contributed by atoms with Gasteiger partial charge in [-0.3, -0.25) is 4.79 Å².